The standard InChI is InChI=1S/C17H11Br2NO2/c1-9-14(19)7-6-12-13(17(21)22)8-15(20-16(9)12)10-2-4-11(18)5-3-10/h2-8H,1H3,(H,21,22). The lowest BCUT2D eigenvalue weighted by Gasteiger charge is -2.10. The Morgan fingerprint density at radius 1 is 1.09 bits per heavy atom. The molecule has 0 atom stereocenters. The molecule has 0 saturated carbocycles. The molecule has 0 aliphatic heterocycles. The van der Waals surface area contributed by atoms with Crippen LogP contribution in [-0.4, -0.2) is 16.1 Å². The van der Waals surface area contributed by atoms with Crippen LogP contribution < -0.4 is 0 Å². The van der Waals surface area contributed by atoms with Crippen molar-refractivity contribution < 1.29 is 9.90 Å². The fourth-order valence-corrected chi connectivity index (χ4v) is 2.93. The maximum Gasteiger partial charge on any atom is 0.336 e. The van der Waals surface area contributed by atoms with E-state index < -0.39 is 5.97 Å². The summed E-state index contributed by atoms with van der Waals surface area (Å²) < 4.78 is 1.88. The number of aromatic carboxylic acids is 1. The van der Waals surface area contributed by atoms with Crippen molar-refractivity contribution in [2.75, 3.05) is 0 Å². The van der Waals surface area contributed by atoms with Crippen LogP contribution in [0.5, 0.6) is 0 Å². The van der Waals surface area contributed by atoms with Gasteiger partial charge in [0.05, 0.1) is 16.8 Å². The van der Waals surface area contributed by atoms with E-state index in [9.17, 15) is 9.90 Å². The third kappa shape index (κ3) is 2.66. The molecule has 110 valence electrons. The number of carboxylic acids is 1. The van der Waals surface area contributed by atoms with Crippen LogP contribution in [0, 0.1) is 6.92 Å². The van der Waals surface area contributed by atoms with E-state index in [0.29, 0.717) is 16.6 Å². The molecular weight excluding hydrogens is 410 g/mol. The molecule has 3 nitrogen and oxygen atoms in total. The van der Waals surface area contributed by atoms with Gasteiger partial charge in [-0.1, -0.05) is 50.1 Å². The summed E-state index contributed by atoms with van der Waals surface area (Å²) in [6.07, 6.45) is 0. The molecule has 3 rings (SSSR count). The Labute approximate surface area is 144 Å². The smallest absolute Gasteiger partial charge is 0.336 e. The number of fused-ring (bicyclic) bond motifs is 1. The van der Waals surface area contributed by atoms with E-state index in [0.717, 1.165) is 20.1 Å². The molecule has 0 unspecified atom stereocenters. The first-order valence-electron chi connectivity index (χ1n) is 6.56. The Morgan fingerprint density at radius 2 is 1.77 bits per heavy atom. The lowest BCUT2D eigenvalue weighted by molar-refractivity contribution is 0.0699. The SMILES string of the molecule is Cc1c(Br)ccc2c(C(=O)O)cc(-c3ccc(Br)cc3)nc12. The number of hydrogen-bond donors (Lipinski definition) is 1. The maximum absolute atomic E-state index is 11.6. The van der Waals surface area contributed by atoms with Crippen molar-refractivity contribution in [1.82, 2.24) is 4.98 Å². The molecule has 0 bridgehead atoms. The molecule has 0 radical (unpaired) electrons. The molecule has 1 aromatic heterocycles. The predicted molar refractivity (Wildman–Crippen MR) is 94.3 cm³/mol. The van der Waals surface area contributed by atoms with Crippen LogP contribution in [0.1, 0.15) is 15.9 Å². The number of nitrogens with zero attached hydrogens (tertiary/aromatic N) is 1. The topological polar surface area (TPSA) is 50.2 Å². The van der Waals surface area contributed by atoms with Gasteiger partial charge >= 0.3 is 5.97 Å². The van der Waals surface area contributed by atoms with Crippen molar-refractivity contribution in [1.29, 1.82) is 0 Å². The first-order chi connectivity index (χ1) is 10.5. The van der Waals surface area contributed by atoms with Crippen molar-refractivity contribution in [2.45, 2.75) is 6.92 Å². The monoisotopic (exact) mass is 419 g/mol. The van der Waals surface area contributed by atoms with Gasteiger partial charge in [-0.05, 0) is 36.8 Å². The fraction of sp³-hybridized carbons (Fsp3) is 0.0588. The highest BCUT2D eigenvalue weighted by molar-refractivity contribution is 9.10. The quantitative estimate of drug-likeness (QED) is 0.600. The minimum Gasteiger partial charge on any atom is -0.478 e. The summed E-state index contributed by atoms with van der Waals surface area (Å²) >= 11 is 6.87. The zero-order valence-electron chi connectivity index (χ0n) is 11.6. The van der Waals surface area contributed by atoms with Crippen molar-refractivity contribution in [3.8, 4) is 11.3 Å². The van der Waals surface area contributed by atoms with Gasteiger partial charge in [-0.2, -0.15) is 0 Å². The van der Waals surface area contributed by atoms with Gasteiger partial charge in [0, 0.05) is 19.9 Å². The number of aromatic nitrogens is 1. The molecule has 0 spiro atoms. The number of benzene rings is 2. The fourth-order valence-electron chi connectivity index (χ4n) is 2.35. The van der Waals surface area contributed by atoms with Crippen LogP contribution >= 0.6 is 31.9 Å². The van der Waals surface area contributed by atoms with Crippen molar-refractivity contribution >= 4 is 48.7 Å². The second-order valence-corrected chi connectivity index (χ2v) is 6.71. The molecule has 0 aliphatic carbocycles. The second-order valence-electron chi connectivity index (χ2n) is 4.94. The highest BCUT2D eigenvalue weighted by Crippen LogP contribution is 2.30. The van der Waals surface area contributed by atoms with E-state index in [1.807, 2.05) is 37.3 Å². The van der Waals surface area contributed by atoms with Gasteiger partial charge in [0.2, 0.25) is 0 Å². The maximum atomic E-state index is 11.6. The number of halogens is 2. The summed E-state index contributed by atoms with van der Waals surface area (Å²) in [5, 5.41) is 10.2. The number of hydrogen-bond acceptors (Lipinski definition) is 2. The van der Waals surface area contributed by atoms with Crippen LogP contribution in [0.4, 0.5) is 0 Å². The molecule has 1 heterocycles. The lowest BCUT2D eigenvalue weighted by atomic mass is 10.0. The molecule has 22 heavy (non-hydrogen) atoms. The number of rotatable bonds is 2. The van der Waals surface area contributed by atoms with Crippen LogP contribution in [0.15, 0.2) is 51.4 Å². The summed E-state index contributed by atoms with van der Waals surface area (Å²) in [6, 6.07) is 12.9. The van der Waals surface area contributed by atoms with Crippen LogP contribution in [0.2, 0.25) is 0 Å². The molecule has 0 aliphatic rings. The van der Waals surface area contributed by atoms with E-state index in [1.54, 1.807) is 12.1 Å². The highest BCUT2D eigenvalue weighted by atomic mass is 79.9. The highest BCUT2D eigenvalue weighted by Gasteiger charge is 2.15. The second kappa shape index (κ2) is 5.82. The minimum absolute atomic E-state index is 0.263. The Morgan fingerprint density at radius 3 is 2.41 bits per heavy atom. The Balaban J connectivity index is 2.35. The molecule has 0 amide bonds. The van der Waals surface area contributed by atoms with Gasteiger partial charge in [-0.25, -0.2) is 9.78 Å². The summed E-state index contributed by atoms with van der Waals surface area (Å²) in [6.45, 7) is 1.93. The predicted octanol–water partition coefficient (Wildman–Crippen LogP) is 5.43. The first-order valence-corrected chi connectivity index (χ1v) is 8.15. The normalized spacial score (nSPS) is 10.9. The Bertz CT molecular complexity index is 889. The summed E-state index contributed by atoms with van der Waals surface area (Å²) in [7, 11) is 0. The molecular formula is C17H11Br2NO2. The number of pyridine rings is 1. The van der Waals surface area contributed by atoms with Crippen molar-refractivity contribution in [3.63, 3.8) is 0 Å². The first kappa shape index (κ1) is 15.2. The summed E-state index contributed by atoms with van der Waals surface area (Å²) in [4.78, 5) is 16.3. The largest absolute Gasteiger partial charge is 0.478 e. The number of carboxylic acid groups (broad SMARTS) is 1. The molecule has 5 heteroatoms. The molecule has 0 fully saturated rings. The average molecular weight is 421 g/mol. The van der Waals surface area contributed by atoms with E-state index >= 15 is 0 Å². The zero-order valence-corrected chi connectivity index (χ0v) is 14.8. The van der Waals surface area contributed by atoms with Gasteiger partial charge in [-0.3, -0.25) is 0 Å². The molecule has 2 aromatic carbocycles. The average Bonchev–Trinajstić information content (AvgIpc) is 2.51. The number of carbonyl (C=O) groups is 1. The van der Waals surface area contributed by atoms with Gasteiger partial charge in [0.1, 0.15) is 0 Å². The minimum atomic E-state index is -0.951. The van der Waals surface area contributed by atoms with Crippen LogP contribution in [-0.2, 0) is 0 Å². The van der Waals surface area contributed by atoms with Gasteiger partial charge in [0.15, 0.2) is 0 Å². The molecule has 3 aromatic rings. The lowest BCUT2D eigenvalue weighted by Crippen LogP contribution is -2.01. The van der Waals surface area contributed by atoms with E-state index in [2.05, 4.69) is 36.8 Å². The summed E-state index contributed by atoms with van der Waals surface area (Å²) in [5.41, 5.74) is 3.43. The molecule has 0 saturated heterocycles. The third-order valence-electron chi connectivity index (χ3n) is 3.54. The third-order valence-corrected chi connectivity index (χ3v) is 4.93. The van der Waals surface area contributed by atoms with E-state index in [1.165, 1.54) is 0 Å². The van der Waals surface area contributed by atoms with Gasteiger partial charge < -0.3 is 5.11 Å². The number of aryl methyl sites for hydroxylation is 1. The van der Waals surface area contributed by atoms with Gasteiger partial charge in [-0.15, -0.1) is 0 Å². The Hall–Kier alpha value is -1.72. The van der Waals surface area contributed by atoms with E-state index in [4.69, 9.17) is 0 Å². The van der Waals surface area contributed by atoms with Crippen molar-refractivity contribution in [3.05, 3.63) is 62.5 Å². The van der Waals surface area contributed by atoms with Gasteiger partial charge in [0.25, 0.3) is 0 Å². The van der Waals surface area contributed by atoms with Crippen LogP contribution in [0.25, 0.3) is 22.2 Å². The van der Waals surface area contributed by atoms with E-state index in [-0.39, 0.29) is 5.56 Å². The zero-order chi connectivity index (χ0) is 15.9. The molecule has 1 N–H and O–H groups in total. The van der Waals surface area contributed by atoms with Crippen LogP contribution in [0.3, 0.4) is 0 Å². The summed E-state index contributed by atoms with van der Waals surface area (Å²) in [5.74, 6) is -0.951. The van der Waals surface area contributed by atoms with Crippen molar-refractivity contribution in [2.24, 2.45) is 0 Å². The Kier molecular flexibility index (Phi) is 4.02.